The van der Waals surface area contributed by atoms with Crippen LogP contribution in [-0.2, 0) is 6.42 Å². The van der Waals surface area contributed by atoms with Gasteiger partial charge in [-0.2, -0.15) is 11.8 Å². The van der Waals surface area contributed by atoms with Gasteiger partial charge in [0, 0.05) is 6.04 Å². The molecule has 1 aliphatic rings. The molecule has 0 bridgehead atoms. The average Bonchev–Trinajstić information content (AvgIpc) is 2.43. The van der Waals surface area contributed by atoms with Gasteiger partial charge < -0.3 is 5.32 Å². The second-order valence-electron chi connectivity index (χ2n) is 5.85. The molecule has 1 nitrogen and oxygen atoms in total. The third-order valence-corrected chi connectivity index (χ3v) is 5.51. The van der Waals surface area contributed by atoms with E-state index in [1.165, 1.54) is 48.3 Å². The summed E-state index contributed by atoms with van der Waals surface area (Å²) in [6.45, 7) is 4.48. The minimum Gasteiger partial charge on any atom is -0.317 e. The molecule has 0 saturated carbocycles. The molecule has 0 spiro atoms. The smallest absolute Gasteiger partial charge is 0.0107 e. The maximum absolute atomic E-state index is 3.55. The highest BCUT2D eigenvalue weighted by Crippen LogP contribution is 2.27. The third-order valence-electron chi connectivity index (χ3n) is 4.46. The highest BCUT2D eigenvalue weighted by molar-refractivity contribution is 7.99. The number of benzene rings is 1. The molecule has 0 aromatic heterocycles. The molecule has 0 aliphatic carbocycles. The maximum atomic E-state index is 3.55. The highest BCUT2D eigenvalue weighted by Gasteiger charge is 2.19. The molecule has 1 N–H and O–H groups in total. The Morgan fingerprint density at radius 3 is 2.42 bits per heavy atom. The van der Waals surface area contributed by atoms with Gasteiger partial charge in [0.15, 0.2) is 0 Å². The van der Waals surface area contributed by atoms with Gasteiger partial charge in [-0.25, -0.2) is 0 Å². The average molecular weight is 277 g/mol. The van der Waals surface area contributed by atoms with Gasteiger partial charge in [0.05, 0.1) is 0 Å². The number of nitrogens with one attached hydrogen (secondary N) is 1. The van der Waals surface area contributed by atoms with Gasteiger partial charge >= 0.3 is 0 Å². The molecule has 1 unspecified atom stereocenters. The van der Waals surface area contributed by atoms with Gasteiger partial charge in [0.25, 0.3) is 0 Å². The van der Waals surface area contributed by atoms with Crippen molar-refractivity contribution in [1.29, 1.82) is 0 Å². The van der Waals surface area contributed by atoms with Crippen molar-refractivity contribution < 1.29 is 0 Å². The number of hydrogen-bond acceptors (Lipinski definition) is 2. The van der Waals surface area contributed by atoms with Crippen molar-refractivity contribution in [3.05, 3.63) is 34.9 Å². The molecule has 2 rings (SSSR count). The van der Waals surface area contributed by atoms with E-state index in [9.17, 15) is 0 Å². The van der Waals surface area contributed by atoms with Crippen molar-refractivity contribution in [3.8, 4) is 0 Å². The van der Waals surface area contributed by atoms with E-state index < -0.39 is 0 Å². The van der Waals surface area contributed by atoms with Crippen molar-refractivity contribution in [3.63, 3.8) is 0 Å². The Kier molecular flexibility index (Phi) is 5.77. The van der Waals surface area contributed by atoms with E-state index in [1.807, 2.05) is 0 Å². The lowest BCUT2D eigenvalue weighted by Crippen LogP contribution is -2.31. The molecule has 1 heterocycles. The van der Waals surface area contributed by atoms with Crippen LogP contribution in [0.4, 0.5) is 0 Å². The fraction of sp³-hybridized carbons (Fsp3) is 0.647. The van der Waals surface area contributed by atoms with E-state index in [4.69, 9.17) is 0 Å². The summed E-state index contributed by atoms with van der Waals surface area (Å²) in [5, 5.41) is 3.55. The molecule has 106 valence electrons. The van der Waals surface area contributed by atoms with Gasteiger partial charge in [-0.05, 0) is 80.7 Å². The fourth-order valence-electron chi connectivity index (χ4n) is 3.11. The Morgan fingerprint density at radius 2 is 1.84 bits per heavy atom. The standard InChI is InChI=1S/C17H27NS/c1-13-5-4-6-14(2)17(13)12-16(18-3)11-15-7-9-19-10-8-15/h4-6,15-16,18H,7-12H2,1-3H3. The summed E-state index contributed by atoms with van der Waals surface area (Å²) >= 11 is 2.12. The molecule has 1 aromatic carbocycles. The molecule has 0 amide bonds. The first-order valence-corrected chi connectivity index (χ1v) is 8.66. The first-order chi connectivity index (χ1) is 9.20. The molecule has 1 atom stereocenters. The van der Waals surface area contributed by atoms with Crippen LogP contribution in [0.25, 0.3) is 0 Å². The molecule has 1 saturated heterocycles. The summed E-state index contributed by atoms with van der Waals surface area (Å²) in [5.74, 6) is 3.66. The van der Waals surface area contributed by atoms with Gasteiger partial charge in [0.1, 0.15) is 0 Å². The summed E-state index contributed by atoms with van der Waals surface area (Å²) < 4.78 is 0. The maximum Gasteiger partial charge on any atom is 0.0107 e. The lowest BCUT2D eigenvalue weighted by Gasteiger charge is -2.27. The third kappa shape index (κ3) is 4.25. The lowest BCUT2D eigenvalue weighted by molar-refractivity contribution is 0.375. The number of thioether (sulfide) groups is 1. The summed E-state index contributed by atoms with van der Waals surface area (Å²) in [4.78, 5) is 0. The Morgan fingerprint density at radius 1 is 1.21 bits per heavy atom. The molecule has 1 fully saturated rings. The predicted octanol–water partition coefficient (Wildman–Crippen LogP) is 3.97. The van der Waals surface area contributed by atoms with Crippen LogP contribution in [-0.4, -0.2) is 24.6 Å². The van der Waals surface area contributed by atoms with E-state index in [0.29, 0.717) is 6.04 Å². The number of rotatable bonds is 5. The molecular formula is C17H27NS. The second-order valence-corrected chi connectivity index (χ2v) is 7.08. The summed E-state index contributed by atoms with van der Waals surface area (Å²) in [7, 11) is 2.12. The minimum absolute atomic E-state index is 0.632. The SMILES string of the molecule is CNC(Cc1c(C)cccc1C)CC1CCSCC1. The first-order valence-electron chi connectivity index (χ1n) is 7.50. The van der Waals surface area contributed by atoms with E-state index in [2.05, 4.69) is 56.2 Å². The van der Waals surface area contributed by atoms with Crippen LogP contribution >= 0.6 is 11.8 Å². The fourth-order valence-corrected chi connectivity index (χ4v) is 4.31. The summed E-state index contributed by atoms with van der Waals surface area (Å²) in [5.41, 5.74) is 4.44. The summed E-state index contributed by atoms with van der Waals surface area (Å²) in [6.07, 6.45) is 5.34. The van der Waals surface area contributed by atoms with Crippen molar-refractivity contribution in [1.82, 2.24) is 5.32 Å². The van der Waals surface area contributed by atoms with E-state index in [-0.39, 0.29) is 0 Å². The van der Waals surface area contributed by atoms with Crippen LogP contribution in [0.15, 0.2) is 18.2 Å². The predicted molar refractivity (Wildman–Crippen MR) is 87.1 cm³/mol. The van der Waals surface area contributed by atoms with E-state index >= 15 is 0 Å². The zero-order chi connectivity index (χ0) is 13.7. The zero-order valence-corrected chi connectivity index (χ0v) is 13.4. The topological polar surface area (TPSA) is 12.0 Å². The Bertz CT molecular complexity index is 376. The van der Waals surface area contributed by atoms with E-state index in [0.717, 1.165) is 5.92 Å². The largest absolute Gasteiger partial charge is 0.317 e. The zero-order valence-electron chi connectivity index (χ0n) is 12.5. The summed E-state index contributed by atoms with van der Waals surface area (Å²) in [6, 6.07) is 7.28. The normalized spacial score (nSPS) is 18.5. The second kappa shape index (κ2) is 7.35. The van der Waals surface area contributed by atoms with Crippen molar-refractivity contribution >= 4 is 11.8 Å². The van der Waals surface area contributed by atoms with Gasteiger partial charge in [-0.15, -0.1) is 0 Å². The Labute approximate surface area is 122 Å². The molecule has 1 aromatic rings. The Hall–Kier alpha value is -0.470. The van der Waals surface area contributed by atoms with Crippen LogP contribution in [0.3, 0.4) is 0 Å². The number of aryl methyl sites for hydroxylation is 2. The molecule has 19 heavy (non-hydrogen) atoms. The van der Waals surface area contributed by atoms with Crippen molar-refractivity contribution in [2.45, 2.75) is 45.6 Å². The van der Waals surface area contributed by atoms with Crippen LogP contribution in [0.2, 0.25) is 0 Å². The quantitative estimate of drug-likeness (QED) is 0.874. The van der Waals surface area contributed by atoms with Crippen LogP contribution in [0.5, 0.6) is 0 Å². The van der Waals surface area contributed by atoms with Crippen molar-refractivity contribution in [2.75, 3.05) is 18.6 Å². The van der Waals surface area contributed by atoms with Gasteiger partial charge in [-0.3, -0.25) is 0 Å². The minimum atomic E-state index is 0.632. The number of likely N-dealkylation sites (N-methyl/N-ethyl adjacent to an activating group) is 1. The molecule has 2 heteroatoms. The van der Waals surface area contributed by atoms with E-state index in [1.54, 1.807) is 5.56 Å². The highest BCUT2D eigenvalue weighted by atomic mass is 32.2. The van der Waals surface area contributed by atoms with Crippen LogP contribution in [0.1, 0.15) is 36.0 Å². The van der Waals surface area contributed by atoms with Gasteiger partial charge in [-0.1, -0.05) is 18.2 Å². The van der Waals surface area contributed by atoms with Crippen LogP contribution < -0.4 is 5.32 Å². The lowest BCUT2D eigenvalue weighted by atomic mass is 9.89. The molecule has 0 radical (unpaired) electrons. The van der Waals surface area contributed by atoms with Gasteiger partial charge in [0.2, 0.25) is 0 Å². The molecule has 1 aliphatic heterocycles. The number of hydrogen-bond donors (Lipinski definition) is 1. The van der Waals surface area contributed by atoms with Crippen LogP contribution in [0, 0.1) is 19.8 Å². The molecular weight excluding hydrogens is 250 g/mol. The van der Waals surface area contributed by atoms with Crippen molar-refractivity contribution in [2.24, 2.45) is 5.92 Å². The Balaban J connectivity index is 1.98. The monoisotopic (exact) mass is 277 g/mol. The first kappa shape index (κ1) is 14.9.